The van der Waals surface area contributed by atoms with Gasteiger partial charge >= 0.3 is 0 Å². The second kappa shape index (κ2) is 11.1. The van der Waals surface area contributed by atoms with E-state index in [1.54, 1.807) is 30.2 Å². The largest absolute Gasteiger partial charge is 0.497 e. The molecule has 0 aromatic heterocycles. The maximum absolute atomic E-state index is 13.4. The summed E-state index contributed by atoms with van der Waals surface area (Å²) >= 11 is 1.34. The first-order valence-electron chi connectivity index (χ1n) is 11.7. The zero-order valence-corrected chi connectivity index (χ0v) is 21.3. The number of rotatable bonds is 8. The number of hydrogen-bond donors (Lipinski definition) is 1. The molecule has 2 aromatic carbocycles. The van der Waals surface area contributed by atoms with Crippen LogP contribution in [-0.2, 0) is 14.3 Å². The van der Waals surface area contributed by atoms with Crippen LogP contribution < -0.4 is 14.8 Å². The Bertz CT molecular complexity index is 1110. The zero-order chi connectivity index (χ0) is 24.9. The lowest BCUT2D eigenvalue weighted by Crippen LogP contribution is -2.38. The topological polar surface area (TPSA) is 89.5 Å². The molecule has 2 unspecified atom stereocenters. The van der Waals surface area contributed by atoms with Gasteiger partial charge in [-0.2, -0.15) is 0 Å². The summed E-state index contributed by atoms with van der Waals surface area (Å²) in [4.78, 5) is 32.9. The lowest BCUT2D eigenvalue weighted by Gasteiger charge is -2.20. The highest BCUT2D eigenvalue weighted by Gasteiger charge is 2.41. The van der Waals surface area contributed by atoms with Gasteiger partial charge in [-0.1, -0.05) is 30.0 Å². The van der Waals surface area contributed by atoms with E-state index in [4.69, 9.17) is 19.2 Å². The van der Waals surface area contributed by atoms with Crippen molar-refractivity contribution in [3.05, 3.63) is 47.5 Å². The van der Waals surface area contributed by atoms with Gasteiger partial charge in [-0.05, 0) is 49.9 Å². The van der Waals surface area contributed by atoms with Crippen LogP contribution >= 0.6 is 11.8 Å². The molecule has 2 amide bonds. The summed E-state index contributed by atoms with van der Waals surface area (Å²) in [7, 11) is 3.09. The minimum Gasteiger partial charge on any atom is -0.497 e. The molecular weight excluding hydrogens is 466 g/mol. The molecule has 2 aliphatic rings. The third kappa shape index (κ3) is 5.79. The molecule has 2 aromatic rings. The minimum absolute atomic E-state index is 0.0149. The molecule has 9 heteroatoms. The maximum Gasteiger partial charge on any atom is 0.242 e. The van der Waals surface area contributed by atoms with Crippen LogP contribution in [0.4, 0.5) is 11.4 Å². The van der Waals surface area contributed by atoms with Crippen molar-refractivity contribution in [1.29, 1.82) is 0 Å². The molecule has 0 spiro atoms. The number of para-hydroxylation sites is 1. The lowest BCUT2D eigenvalue weighted by molar-refractivity contribution is -0.129. The monoisotopic (exact) mass is 497 g/mol. The van der Waals surface area contributed by atoms with Gasteiger partial charge in [0.1, 0.15) is 16.7 Å². The van der Waals surface area contributed by atoms with Crippen LogP contribution in [0.5, 0.6) is 11.5 Å². The average Bonchev–Trinajstić information content (AvgIpc) is 3.46. The van der Waals surface area contributed by atoms with Crippen molar-refractivity contribution in [3.8, 4) is 11.5 Å². The van der Waals surface area contributed by atoms with Crippen molar-refractivity contribution < 1.29 is 23.8 Å². The van der Waals surface area contributed by atoms with E-state index in [0.717, 1.165) is 29.7 Å². The third-order valence-electron chi connectivity index (χ3n) is 6.13. The van der Waals surface area contributed by atoms with Crippen molar-refractivity contribution in [2.24, 2.45) is 4.99 Å². The highest BCUT2D eigenvalue weighted by Crippen LogP contribution is 2.35. The summed E-state index contributed by atoms with van der Waals surface area (Å²) in [6, 6.07) is 11.2. The summed E-state index contributed by atoms with van der Waals surface area (Å²) < 4.78 is 16.4. The lowest BCUT2D eigenvalue weighted by atomic mass is 10.1. The van der Waals surface area contributed by atoms with Crippen molar-refractivity contribution in [2.45, 2.75) is 44.5 Å². The molecule has 2 fully saturated rings. The van der Waals surface area contributed by atoms with Crippen molar-refractivity contribution in [3.63, 3.8) is 0 Å². The molecule has 8 nitrogen and oxygen atoms in total. The Morgan fingerprint density at radius 3 is 2.63 bits per heavy atom. The Hall–Kier alpha value is -3.04. The van der Waals surface area contributed by atoms with E-state index >= 15 is 0 Å². The van der Waals surface area contributed by atoms with Crippen LogP contribution in [0.15, 0.2) is 41.4 Å². The highest BCUT2D eigenvalue weighted by atomic mass is 32.2. The van der Waals surface area contributed by atoms with E-state index in [2.05, 4.69) is 5.32 Å². The predicted octanol–water partition coefficient (Wildman–Crippen LogP) is 4.46. The number of carbonyl (C=O) groups excluding carboxylic acids is 2. The molecular formula is C26H31N3O5S. The summed E-state index contributed by atoms with van der Waals surface area (Å²) in [5.41, 5.74) is 3.45. The van der Waals surface area contributed by atoms with E-state index < -0.39 is 5.25 Å². The van der Waals surface area contributed by atoms with E-state index in [9.17, 15) is 9.59 Å². The molecule has 0 radical (unpaired) electrons. The smallest absolute Gasteiger partial charge is 0.242 e. The number of nitrogens with one attached hydrogen (secondary N) is 1. The minimum atomic E-state index is -0.566. The van der Waals surface area contributed by atoms with Gasteiger partial charge in [0, 0.05) is 19.1 Å². The molecule has 0 bridgehead atoms. The number of anilines is 1. The summed E-state index contributed by atoms with van der Waals surface area (Å²) in [5, 5.41) is 2.91. The number of ether oxygens (including phenoxy) is 3. The Balaban J connectivity index is 1.53. The molecule has 0 saturated carbocycles. The fourth-order valence-corrected chi connectivity index (χ4v) is 5.39. The number of amidine groups is 1. The number of aliphatic imine (C=N–C) groups is 1. The van der Waals surface area contributed by atoms with Crippen LogP contribution in [0.1, 0.15) is 30.4 Å². The molecule has 35 heavy (non-hydrogen) atoms. The molecule has 2 saturated heterocycles. The Kier molecular flexibility index (Phi) is 7.97. The van der Waals surface area contributed by atoms with Gasteiger partial charge in [-0.3, -0.25) is 14.5 Å². The number of benzene rings is 2. The number of nitrogens with zero attached hydrogens (tertiary/aromatic N) is 2. The van der Waals surface area contributed by atoms with Crippen LogP contribution in [0, 0.1) is 13.8 Å². The van der Waals surface area contributed by atoms with E-state index in [-0.39, 0.29) is 24.3 Å². The predicted molar refractivity (Wildman–Crippen MR) is 138 cm³/mol. The van der Waals surface area contributed by atoms with Crippen molar-refractivity contribution >= 4 is 40.1 Å². The first-order chi connectivity index (χ1) is 16.9. The van der Waals surface area contributed by atoms with Gasteiger partial charge in [0.05, 0.1) is 38.2 Å². The Morgan fingerprint density at radius 2 is 1.97 bits per heavy atom. The normalized spacial score (nSPS) is 21.0. The van der Waals surface area contributed by atoms with E-state index in [1.807, 2.05) is 32.0 Å². The first-order valence-corrected chi connectivity index (χ1v) is 12.5. The molecule has 1 N–H and O–H groups in total. The fraction of sp³-hybridized carbons (Fsp3) is 0.423. The van der Waals surface area contributed by atoms with Gasteiger partial charge < -0.3 is 19.5 Å². The quantitative estimate of drug-likeness (QED) is 0.579. The van der Waals surface area contributed by atoms with Crippen LogP contribution in [0.3, 0.4) is 0 Å². The maximum atomic E-state index is 13.4. The zero-order valence-electron chi connectivity index (χ0n) is 20.5. The number of methoxy groups -OCH3 is 2. The van der Waals surface area contributed by atoms with Crippen molar-refractivity contribution in [2.75, 3.05) is 32.7 Å². The summed E-state index contributed by atoms with van der Waals surface area (Å²) in [6.45, 7) is 5.16. The van der Waals surface area contributed by atoms with Crippen LogP contribution in [-0.4, -0.2) is 60.6 Å². The molecule has 2 aliphatic heterocycles. The number of amides is 2. The molecule has 0 aliphatic carbocycles. The van der Waals surface area contributed by atoms with Gasteiger partial charge in [-0.25, -0.2) is 4.99 Å². The average molecular weight is 498 g/mol. The van der Waals surface area contributed by atoms with E-state index in [0.29, 0.717) is 35.5 Å². The number of aryl methyl sites for hydroxylation is 2. The number of carbonyl (C=O) groups is 2. The number of thioether (sulfide) groups is 1. The standard InChI is InChI=1S/C26H31N3O5S/c1-16-7-5-8-17(2)24(16)28-26-29(15-19-9-6-12-34-19)25(31)22(35-26)14-23(30)27-20-11-10-18(32-3)13-21(20)33-4/h5,7-8,10-11,13,19,22H,6,9,12,14-15H2,1-4H3,(H,27,30). The second-order valence-electron chi connectivity index (χ2n) is 8.64. The van der Waals surface area contributed by atoms with E-state index in [1.165, 1.54) is 18.9 Å². The Morgan fingerprint density at radius 1 is 1.20 bits per heavy atom. The first kappa shape index (κ1) is 25.1. The van der Waals surface area contributed by atoms with Crippen molar-refractivity contribution in [1.82, 2.24) is 4.90 Å². The van der Waals surface area contributed by atoms with Crippen LogP contribution in [0.25, 0.3) is 0 Å². The fourth-order valence-electron chi connectivity index (χ4n) is 4.23. The van der Waals surface area contributed by atoms with Gasteiger partial charge in [0.15, 0.2) is 5.17 Å². The van der Waals surface area contributed by atoms with Crippen LogP contribution in [0.2, 0.25) is 0 Å². The summed E-state index contributed by atoms with van der Waals surface area (Å²) in [6.07, 6.45) is 1.90. The van der Waals surface area contributed by atoms with Gasteiger partial charge in [0.2, 0.25) is 11.8 Å². The number of hydrogen-bond acceptors (Lipinski definition) is 7. The Labute approximate surface area is 210 Å². The molecule has 2 heterocycles. The third-order valence-corrected chi connectivity index (χ3v) is 7.31. The summed E-state index contributed by atoms with van der Waals surface area (Å²) in [5.74, 6) is 0.718. The highest BCUT2D eigenvalue weighted by molar-refractivity contribution is 8.15. The molecule has 2 atom stereocenters. The molecule has 186 valence electrons. The SMILES string of the molecule is COc1ccc(NC(=O)CC2SC(=Nc3c(C)cccc3C)N(CC3CCCO3)C2=O)c(OC)c1. The van der Waals surface area contributed by atoms with Gasteiger partial charge in [0.25, 0.3) is 0 Å². The molecule has 4 rings (SSSR count). The second-order valence-corrected chi connectivity index (χ2v) is 9.81. The van der Waals surface area contributed by atoms with Gasteiger partial charge in [-0.15, -0.1) is 0 Å².